The summed E-state index contributed by atoms with van der Waals surface area (Å²) in [5.41, 5.74) is 8.62. The minimum Gasteiger partial charge on any atom is -0.460 e. The van der Waals surface area contributed by atoms with E-state index in [1.54, 1.807) is 0 Å². The molecule has 5 N–H and O–H groups in total. The minimum absolute atomic E-state index is 0.225. The van der Waals surface area contributed by atoms with Gasteiger partial charge in [-0.25, -0.2) is 0 Å². The molecular weight excluding hydrogens is 158 g/mol. The predicted molar refractivity (Wildman–Crippen MR) is 47.6 cm³/mol. The lowest BCUT2D eigenvalue weighted by atomic mass is 10.2. The normalized spacial score (nSPS) is 9.33. The van der Waals surface area contributed by atoms with Crippen LogP contribution >= 0.6 is 0 Å². The van der Waals surface area contributed by atoms with Crippen molar-refractivity contribution in [2.45, 2.75) is 33.3 Å². The van der Waals surface area contributed by atoms with Crippen LogP contribution in [0.4, 0.5) is 0 Å². The zero-order valence-electron chi connectivity index (χ0n) is 7.97. The van der Waals surface area contributed by atoms with Crippen LogP contribution in [0.15, 0.2) is 0 Å². The van der Waals surface area contributed by atoms with E-state index in [1.807, 2.05) is 20.8 Å². The molecule has 0 aliphatic carbocycles. The Morgan fingerprint density at radius 2 is 1.58 bits per heavy atom. The number of carbonyl (C=O) groups is 1. The van der Waals surface area contributed by atoms with E-state index in [0.717, 1.165) is 0 Å². The molecule has 5 heteroatoms. The lowest BCUT2D eigenvalue weighted by Gasteiger charge is -2.17. The van der Waals surface area contributed by atoms with Gasteiger partial charge in [-0.1, -0.05) is 0 Å². The molecule has 0 aliphatic heterocycles. The monoisotopic (exact) mass is 175 g/mol. The van der Waals surface area contributed by atoms with Crippen molar-refractivity contribution in [2.24, 2.45) is 11.5 Å². The molecule has 0 bridgehead atoms. The van der Waals surface area contributed by atoms with Crippen molar-refractivity contribution in [1.29, 1.82) is 5.41 Å². The number of nitrogens with one attached hydrogen (secondary N) is 1. The molecule has 0 saturated heterocycles. The van der Waals surface area contributed by atoms with Crippen molar-refractivity contribution < 1.29 is 9.53 Å². The number of guanidine groups is 1. The molecule has 72 valence electrons. The SMILES string of the molecule is CC(=O)OC(C)(C)C.N=C(N)N. The number of rotatable bonds is 0. The van der Waals surface area contributed by atoms with Gasteiger partial charge in [0, 0.05) is 6.92 Å². The average Bonchev–Trinajstić information content (AvgIpc) is 1.52. The highest BCUT2D eigenvalue weighted by Gasteiger charge is 2.11. The Bertz CT molecular complexity index is 157. The Labute approximate surface area is 72.6 Å². The van der Waals surface area contributed by atoms with Crippen LogP contribution in [0.25, 0.3) is 0 Å². The van der Waals surface area contributed by atoms with Crippen LogP contribution in [-0.2, 0) is 9.53 Å². The molecule has 12 heavy (non-hydrogen) atoms. The van der Waals surface area contributed by atoms with Crippen molar-refractivity contribution in [3.8, 4) is 0 Å². The molecule has 0 atom stereocenters. The van der Waals surface area contributed by atoms with Gasteiger partial charge >= 0.3 is 5.97 Å². The molecule has 5 nitrogen and oxygen atoms in total. The van der Waals surface area contributed by atoms with E-state index in [4.69, 9.17) is 10.1 Å². The highest BCUT2D eigenvalue weighted by molar-refractivity contribution is 5.71. The lowest BCUT2D eigenvalue weighted by Crippen LogP contribution is -2.21. The van der Waals surface area contributed by atoms with Gasteiger partial charge in [0.25, 0.3) is 0 Å². The highest BCUT2D eigenvalue weighted by Crippen LogP contribution is 2.05. The van der Waals surface area contributed by atoms with Gasteiger partial charge in [-0.05, 0) is 20.8 Å². The van der Waals surface area contributed by atoms with E-state index in [0.29, 0.717) is 0 Å². The molecule has 0 heterocycles. The Morgan fingerprint density at radius 3 is 1.58 bits per heavy atom. The fourth-order valence-electron chi connectivity index (χ4n) is 0.431. The van der Waals surface area contributed by atoms with E-state index in [9.17, 15) is 4.79 Å². The van der Waals surface area contributed by atoms with Crippen LogP contribution in [0.5, 0.6) is 0 Å². The summed E-state index contributed by atoms with van der Waals surface area (Å²) >= 11 is 0. The van der Waals surface area contributed by atoms with Gasteiger partial charge in [-0.3, -0.25) is 10.2 Å². The maximum absolute atomic E-state index is 10.2. The van der Waals surface area contributed by atoms with Gasteiger partial charge in [-0.2, -0.15) is 0 Å². The van der Waals surface area contributed by atoms with Crippen molar-refractivity contribution in [2.75, 3.05) is 0 Å². The first kappa shape index (κ1) is 13.3. The van der Waals surface area contributed by atoms with Gasteiger partial charge in [0.2, 0.25) is 0 Å². The molecule has 0 fully saturated rings. The maximum atomic E-state index is 10.2. The van der Waals surface area contributed by atoms with Crippen LogP contribution < -0.4 is 11.5 Å². The smallest absolute Gasteiger partial charge is 0.303 e. The van der Waals surface area contributed by atoms with Crippen LogP contribution in [0.2, 0.25) is 0 Å². The van der Waals surface area contributed by atoms with E-state index >= 15 is 0 Å². The highest BCUT2D eigenvalue weighted by atomic mass is 16.6. The zero-order chi connectivity index (χ0) is 10.4. The Hall–Kier alpha value is -1.26. The second-order valence-corrected chi connectivity index (χ2v) is 3.16. The summed E-state index contributed by atoms with van der Waals surface area (Å²) in [6.07, 6.45) is 0. The average molecular weight is 175 g/mol. The fourth-order valence-corrected chi connectivity index (χ4v) is 0.431. The number of ether oxygens (including phenoxy) is 1. The summed E-state index contributed by atoms with van der Waals surface area (Å²) in [5.74, 6) is -0.558. The lowest BCUT2D eigenvalue weighted by molar-refractivity contribution is -0.151. The van der Waals surface area contributed by atoms with Crippen LogP contribution in [0.1, 0.15) is 27.7 Å². The molecule has 0 aromatic carbocycles. The molecule has 0 saturated carbocycles. The van der Waals surface area contributed by atoms with Gasteiger partial charge in [0.15, 0.2) is 5.96 Å². The van der Waals surface area contributed by atoms with Gasteiger partial charge < -0.3 is 16.2 Å². The van der Waals surface area contributed by atoms with Crippen LogP contribution in [0, 0.1) is 5.41 Å². The second kappa shape index (κ2) is 5.40. The first-order valence-corrected chi connectivity index (χ1v) is 3.44. The Morgan fingerprint density at radius 1 is 1.33 bits per heavy atom. The third-order valence-electron chi connectivity index (χ3n) is 0.450. The quantitative estimate of drug-likeness (QED) is 0.278. The molecule has 0 spiro atoms. The third-order valence-corrected chi connectivity index (χ3v) is 0.450. The summed E-state index contributed by atoms with van der Waals surface area (Å²) in [6.45, 7) is 6.93. The van der Waals surface area contributed by atoms with Crippen LogP contribution in [0.3, 0.4) is 0 Å². The molecule has 0 radical (unpaired) electrons. The molecule has 0 rings (SSSR count). The number of carbonyl (C=O) groups excluding carboxylic acids is 1. The maximum Gasteiger partial charge on any atom is 0.303 e. The molecule has 0 aliphatic rings. The number of nitrogens with two attached hydrogens (primary N) is 2. The first-order valence-electron chi connectivity index (χ1n) is 3.44. The molecule has 0 amide bonds. The van der Waals surface area contributed by atoms with E-state index < -0.39 is 0 Å². The fraction of sp³-hybridized carbons (Fsp3) is 0.714. The van der Waals surface area contributed by atoms with Crippen molar-refractivity contribution >= 4 is 11.9 Å². The molecule has 0 aromatic rings. The second-order valence-electron chi connectivity index (χ2n) is 3.16. The summed E-state index contributed by atoms with van der Waals surface area (Å²) in [4.78, 5) is 10.2. The molecular formula is C7H17N3O2. The van der Waals surface area contributed by atoms with Gasteiger partial charge in [0.05, 0.1) is 0 Å². The zero-order valence-corrected chi connectivity index (χ0v) is 7.97. The van der Waals surface area contributed by atoms with Crippen molar-refractivity contribution in [1.82, 2.24) is 0 Å². The summed E-state index contributed by atoms with van der Waals surface area (Å²) < 4.78 is 4.80. The van der Waals surface area contributed by atoms with E-state index in [1.165, 1.54) is 6.92 Å². The Kier molecular flexibility index (Phi) is 6.00. The number of esters is 1. The first-order chi connectivity index (χ1) is 5.15. The third kappa shape index (κ3) is 37.4. The molecule has 0 unspecified atom stereocenters. The van der Waals surface area contributed by atoms with Crippen molar-refractivity contribution in [3.63, 3.8) is 0 Å². The largest absolute Gasteiger partial charge is 0.460 e. The summed E-state index contributed by atoms with van der Waals surface area (Å²) in [5, 5.41) is 6.06. The summed E-state index contributed by atoms with van der Waals surface area (Å²) in [6, 6.07) is 0. The summed E-state index contributed by atoms with van der Waals surface area (Å²) in [7, 11) is 0. The number of hydrogen-bond acceptors (Lipinski definition) is 3. The standard InChI is InChI=1S/C6H12O2.CH5N3/c1-5(7)8-6(2,3)4;2-1(3)4/h1-4H3;(H5,2,3,4). The van der Waals surface area contributed by atoms with Gasteiger partial charge in [-0.15, -0.1) is 0 Å². The predicted octanol–water partition coefficient (Wildman–Crippen LogP) is 0.187. The Balaban J connectivity index is 0. The van der Waals surface area contributed by atoms with Crippen molar-refractivity contribution in [3.05, 3.63) is 0 Å². The van der Waals surface area contributed by atoms with E-state index in [2.05, 4.69) is 11.5 Å². The molecule has 0 aromatic heterocycles. The number of hydrogen-bond donors (Lipinski definition) is 3. The minimum atomic E-state index is -0.333. The van der Waals surface area contributed by atoms with E-state index in [-0.39, 0.29) is 17.5 Å². The topological polar surface area (TPSA) is 102 Å². The van der Waals surface area contributed by atoms with Gasteiger partial charge in [0.1, 0.15) is 5.60 Å². The van der Waals surface area contributed by atoms with Crippen LogP contribution in [-0.4, -0.2) is 17.5 Å².